The summed E-state index contributed by atoms with van der Waals surface area (Å²) in [4.78, 5) is 4.08. The van der Waals surface area contributed by atoms with Gasteiger partial charge in [0, 0.05) is 24.3 Å². The van der Waals surface area contributed by atoms with E-state index in [-0.39, 0.29) is 0 Å². The van der Waals surface area contributed by atoms with Gasteiger partial charge in [-0.2, -0.15) is 0 Å². The number of hydrogen-bond acceptors (Lipinski definition) is 4. The van der Waals surface area contributed by atoms with Gasteiger partial charge in [0.1, 0.15) is 0 Å². The zero-order valence-corrected chi connectivity index (χ0v) is 8.04. The first-order chi connectivity index (χ1) is 6.16. The van der Waals surface area contributed by atoms with E-state index < -0.39 is 0 Å². The molecule has 0 saturated carbocycles. The molecule has 0 aliphatic rings. The molecule has 0 fully saturated rings. The smallest absolute Gasteiger partial charge is 0.0532 e. The van der Waals surface area contributed by atoms with Gasteiger partial charge < -0.3 is 10.7 Å². The Morgan fingerprint density at radius 3 is 2.69 bits per heavy atom. The van der Waals surface area contributed by atoms with Gasteiger partial charge in [0.2, 0.25) is 0 Å². The number of nitrogens with two attached hydrogens (primary N) is 1. The van der Waals surface area contributed by atoms with Crippen molar-refractivity contribution in [3.63, 3.8) is 0 Å². The minimum atomic E-state index is 0.865. The number of hydrazine groups is 1. The van der Waals surface area contributed by atoms with Crippen molar-refractivity contribution < 1.29 is 0 Å². The van der Waals surface area contributed by atoms with Crippen molar-refractivity contribution in [3.8, 4) is 0 Å². The third-order valence-electron chi connectivity index (χ3n) is 1.08. The van der Waals surface area contributed by atoms with E-state index in [0.717, 1.165) is 11.4 Å². The summed E-state index contributed by atoms with van der Waals surface area (Å²) >= 11 is 0. The van der Waals surface area contributed by atoms with Crippen LogP contribution in [0.3, 0.4) is 0 Å². The maximum Gasteiger partial charge on any atom is 0.0532 e. The Labute approximate surface area is 78.9 Å². The van der Waals surface area contributed by atoms with Crippen LogP contribution in [0, 0.1) is 0 Å². The van der Waals surface area contributed by atoms with Crippen molar-refractivity contribution in [1.29, 1.82) is 0 Å². The third-order valence-corrected chi connectivity index (χ3v) is 1.08. The molecular weight excluding hydrogens is 164 g/mol. The van der Waals surface area contributed by atoms with Gasteiger partial charge in [-0.3, -0.25) is 10.8 Å². The second kappa shape index (κ2) is 7.12. The van der Waals surface area contributed by atoms with Gasteiger partial charge in [0.05, 0.1) is 5.70 Å². The lowest BCUT2D eigenvalue weighted by Crippen LogP contribution is -2.12. The Kier molecular flexibility index (Phi) is 6.27. The van der Waals surface area contributed by atoms with Gasteiger partial charge in [0.25, 0.3) is 0 Å². The summed E-state index contributed by atoms with van der Waals surface area (Å²) in [7, 11) is 0. The molecule has 13 heavy (non-hydrogen) atoms. The summed E-state index contributed by atoms with van der Waals surface area (Å²) in [5.74, 6) is 5.01. The van der Waals surface area contributed by atoms with Crippen LogP contribution in [0.1, 0.15) is 13.8 Å². The fourth-order valence-corrected chi connectivity index (χ4v) is 0.524. The molecule has 0 heterocycles. The number of aliphatic imine (C=N–C) groups is 1. The maximum atomic E-state index is 5.01. The standard InChI is InChI=1S/C9H16N4/c1-8(2)12-7-9(3)11-5-4-6-13-10/h4-7,12-13H,1,10H2,2-3H3/b6-4-,9-7?,11-5?. The number of allylic oxidation sites excluding steroid dienone is 3. The molecule has 0 aromatic rings. The lowest BCUT2D eigenvalue weighted by molar-refractivity contribution is 0.969. The number of hydrogen-bond donors (Lipinski definition) is 3. The van der Waals surface area contributed by atoms with E-state index in [1.54, 1.807) is 24.7 Å². The molecule has 0 aliphatic heterocycles. The SMILES string of the molecule is C=C(C)NC=C(C)N=C/C=C\NN. The second-order valence-corrected chi connectivity index (χ2v) is 2.51. The van der Waals surface area contributed by atoms with Crippen LogP contribution >= 0.6 is 0 Å². The average Bonchev–Trinajstić information content (AvgIpc) is 2.09. The van der Waals surface area contributed by atoms with E-state index in [4.69, 9.17) is 5.84 Å². The van der Waals surface area contributed by atoms with Crippen molar-refractivity contribution in [3.05, 3.63) is 36.4 Å². The van der Waals surface area contributed by atoms with Crippen molar-refractivity contribution >= 4 is 6.21 Å². The average molecular weight is 180 g/mol. The molecule has 0 spiro atoms. The highest BCUT2D eigenvalue weighted by Crippen LogP contribution is 1.91. The number of nitrogens with zero attached hydrogens (tertiary/aromatic N) is 1. The topological polar surface area (TPSA) is 62.4 Å². The summed E-state index contributed by atoms with van der Waals surface area (Å²) in [6, 6.07) is 0. The molecule has 0 bridgehead atoms. The van der Waals surface area contributed by atoms with Gasteiger partial charge in [-0.15, -0.1) is 0 Å². The molecular formula is C9H16N4. The first-order valence-corrected chi connectivity index (χ1v) is 3.91. The van der Waals surface area contributed by atoms with Gasteiger partial charge in [-0.25, -0.2) is 0 Å². The summed E-state index contributed by atoms with van der Waals surface area (Å²) in [5.41, 5.74) is 4.12. The normalized spacial score (nSPS) is 12.4. The Morgan fingerprint density at radius 2 is 2.15 bits per heavy atom. The van der Waals surface area contributed by atoms with E-state index in [0.29, 0.717) is 0 Å². The van der Waals surface area contributed by atoms with Gasteiger partial charge >= 0.3 is 0 Å². The van der Waals surface area contributed by atoms with E-state index in [2.05, 4.69) is 22.3 Å². The van der Waals surface area contributed by atoms with Crippen molar-refractivity contribution in [2.45, 2.75) is 13.8 Å². The van der Waals surface area contributed by atoms with Gasteiger partial charge in [0.15, 0.2) is 0 Å². The zero-order chi connectivity index (χ0) is 10.1. The van der Waals surface area contributed by atoms with Crippen LogP contribution in [0.2, 0.25) is 0 Å². The predicted octanol–water partition coefficient (Wildman–Crippen LogP) is 1.02. The van der Waals surface area contributed by atoms with E-state index >= 15 is 0 Å². The first kappa shape index (κ1) is 11.4. The van der Waals surface area contributed by atoms with Crippen LogP contribution in [0.5, 0.6) is 0 Å². The molecule has 4 heteroatoms. The fraction of sp³-hybridized carbons (Fsp3) is 0.222. The predicted molar refractivity (Wildman–Crippen MR) is 56.7 cm³/mol. The first-order valence-electron chi connectivity index (χ1n) is 3.91. The van der Waals surface area contributed by atoms with E-state index in [1.807, 2.05) is 13.8 Å². The van der Waals surface area contributed by atoms with Gasteiger partial charge in [-0.05, 0) is 19.9 Å². The monoisotopic (exact) mass is 180 g/mol. The molecule has 0 rings (SSSR count). The lowest BCUT2D eigenvalue weighted by Gasteiger charge is -1.96. The van der Waals surface area contributed by atoms with Crippen molar-refractivity contribution in [2.24, 2.45) is 10.8 Å². The Balaban J connectivity index is 3.90. The molecule has 0 aromatic carbocycles. The molecule has 4 nitrogen and oxygen atoms in total. The van der Waals surface area contributed by atoms with Crippen LogP contribution in [0.15, 0.2) is 41.4 Å². The molecule has 0 aromatic heterocycles. The van der Waals surface area contributed by atoms with Crippen LogP contribution in [-0.4, -0.2) is 6.21 Å². The second-order valence-electron chi connectivity index (χ2n) is 2.51. The third kappa shape index (κ3) is 8.36. The largest absolute Gasteiger partial charge is 0.364 e. The zero-order valence-electron chi connectivity index (χ0n) is 8.04. The molecule has 0 amide bonds. The molecule has 0 saturated heterocycles. The molecule has 0 radical (unpaired) electrons. The molecule has 0 aliphatic carbocycles. The Bertz CT molecular complexity index is 238. The summed E-state index contributed by atoms with van der Waals surface area (Å²) < 4.78 is 0. The van der Waals surface area contributed by atoms with Crippen LogP contribution in [0.4, 0.5) is 0 Å². The highest BCUT2D eigenvalue weighted by atomic mass is 15.2. The van der Waals surface area contributed by atoms with E-state index in [1.165, 1.54) is 0 Å². The van der Waals surface area contributed by atoms with Gasteiger partial charge in [-0.1, -0.05) is 6.58 Å². The highest BCUT2D eigenvalue weighted by Gasteiger charge is 1.80. The van der Waals surface area contributed by atoms with Crippen LogP contribution in [-0.2, 0) is 0 Å². The quantitative estimate of drug-likeness (QED) is 0.336. The van der Waals surface area contributed by atoms with Crippen LogP contribution < -0.4 is 16.6 Å². The minimum Gasteiger partial charge on any atom is -0.364 e. The summed E-state index contributed by atoms with van der Waals surface area (Å²) in [6.45, 7) is 7.45. The summed E-state index contributed by atoms with van der Waals surface area (Å²) in [6.07, 6.45) is 6.72. The van der Waals surface area contributed by atoms with E-state index in [9.17, 15) is 0 Å². The molecule has 0 unspecified atom stereocenters. The Hall–Kier alpha value is -1.55. The Morgan fingerprint density at radius 1 is 1.46 bits per heavy atom. The molecule has 4 N–H and O–H groups in total. The fourth-order valence-electron chi connectivity index (χ4n) is 0.524. The lowest BCUT2D eigenvalue weighted by atomic mass is 10.5. The highest BCUT2D eigenvalue weighted by molar-refractivity contribution is 5.71. The summed E-state index contributed by atoms with van der Waals surface area (Å²) in [5, 5.41) is 2.95. The molecule has 72 valence electrons. The number of nitrogens with one attached hydrogen (secondary N) is 2. The molecule has 0 atom stereocenters. The maximum absolute atomic E-state index is 5.01. The van der Waals surface area contributed by atoms with Crippen molar-refractivity contribution in [1.82, 2.24) is 10.7 Å². The number of rotatable bonds is 5. The van der Waals surface area contributed by atoms with Crippen LogP contribution in [0.25, 0.3) is 0 Å². The minimum absolute atomic E-state index is 0.865. The van der Waals surface area contributed by atoms with Crippen molar-refractivity contribution in [2.75, 3.05) is 0 Å².